The van der Waals surface area contributed by atoms with Crippen LogP contribution in [0.15, 0.2) is 0 Å². The fourth-order valence-corrected chi connectivity index (χ4v) is 8.35. The molecule has 4 heteroatoms. The summed E-state index contributed by atoms with van der Waals surface area (Å²) in [4.78, 5) is 0. The predicted octanol–water partition coefficient (Wildman–Crippen LogP) is 6.74. The summed E-state index contributed by atoms with van der Waals surface area (Å²) in [5.74, 6) is 2.91. The quantitative estimate of drug-likeness (QED) is 0.557. The predicted molar refractivity (Wildman–Crippen MR) is 101 cm³/mol. The van der Waals surface area contributed by atoms with Crippen LogP contribution in [0.25, 0.3) is 0 Å². The van der Waals surface area contributed by atoms with E-state index in [1.54, 1.807) is 0 Å². The smallest absolute Gasteiger partial charge is 0.389 e. The van der Waals surface area contributed by atoms with Crippen LogP contribution in [-0.2, 0) is 0 Å². The maximum Gasteiger partial charge on any atom is 0.389 e. The van der Waals surface area contributed by atoms with Gasteiger partial charge in [0.25, 0.3) is 0 Å². The summed E-state index contributed by atoms with van der Waals surface area (Å²) in [5, 5.41) is 10.6. The second-order valence-corrected chi connectivity index (χ2v) is 11.3. The number of hydrogen-bond donors (Lipinski definition) is 1. The minimum absolute atomic E-state index is 0.121. The molecule has 8 atom stereocenters. The van der Waals surface area contributed by atoms with Crippen molar-refractivity contribution < 1.29 is 18.3 Å². The summed E-state index contributed by atoms with van der Waals surface area (Å²) in [6.07, 6.45) is 5.52. The van der Waals surface area contributed by atoms with Gasteiger partial charge in [0.05, 0.1) is 5.60 Å². The fraction of sp³-hybridized carbons (Fsp3) is 1.00. The average molecular weight is 387 g/mol. The molecule has 1 N–H and O–H groups in total. The molecule has 27 heavy (non-hydrogen) atoms. The lowest BCUT2D eigenvalue weighted by Gasteiger charge is -2.62. The lowest BCUT2D eigenvalue weighted by Crippen LogP contribution is -2.55. The molecule has 4 saturated carbocycles. The zero-order valence-electron chi connectivity index (χ0n) is 17.2. The number of fused-ring (bicyclic) bond motifs is 5. The molecule has 1 nitrogen and oxygen atoms in total. The SMILES string of the molecule is CC12CC[C@](C)(O)CC1CCC1C2CCC2(C)C1CC[C@@H]2CCC(F)(F)F. The third-order valence-corrected chi connectivity index (χ3v) is 9.93. The van der Waals surface area contributed by atoms with E-state index in [0.29, 0.717) is 35.5 Å². The van der Waals surface area contributed by atoms with E-state index >= 15 is 0 Å². The Hall–Kier alpha value is -0.250. The van der Waals surface area contributed by atoms with Crippen molar-refractivity contribution in [3.05, 3.63) is 0 Å². The highest BCUT2D eigenvalue weighted by Gasteiger charge is 2.60. The van der Waals surface area contributed by atoms with Crippen LogP contribution in [0.1, 0.15) is 91.4 Å². The van der Waals surface area contributed by atoms with Gasteiger partial charge in [0.1, 0.15) is 0 Å². The monoisotopic (exact) mass is 386 g/mol. The molecular formula is C23H37F3O. The number of rotatable bonds is 2. The van der Waals surface area contributed by atoms with Crippen molar-refractivity contribution in [3.8, 4) is 0 Å². The van der Waals surface area contributed by atoms with Crippen molar-refractivity contribution in [1.82, 2.24) is 0 Å². The van der Waals surface area contributed by atoms with Crippen LogP contribution in [-0.4, -0.2) is 16.9 Å². The molecule has 0 radical (unpaired) electrons. The molecule has 0 spiro atoms. The highest BCUT2D eigenvalue weighted by atomic mass is 19.4. The number of hydrogen-bond acceptors (Lipinski definition) is 1. The Morgan fingerprint density at radius 3 is 2.26 bits per heavy atom. The van der Waals surface area contributed by atoms with Gasteiger partial charge in [-0.15, -0.1) is 0 Å². The van der Waals surface area contributed by atoms with E-state index in [9.17, 15) is 18.3 Å². The largest absolute Gasteiger partial charge is 0.390 e. The molecule has 6 unspecified atom stereocenters. The van der Waals surface area contributed by atoms with E-state index in [0.717, 1.165) is 38.5 Å². The first-order valence-electron chi connectivity index (χ1n) is 11.2. The molecule has 0 heterocycles. The Morgan fingerprint density at radius 1 is 0.852 bits per heavy atom. The topological polar surface area (TPSA) is 20.2 Å². The Kier molecular flexibility index (Phi) is 4.73. The summed E-state index contributed by atoms with van der Waals surface area (Å²) in [6.45, 7) is 6.79. The van der Waals surface area contributed by atoms with Crippen molar-refractivity contribution in [3.63, 3.8) is 0 Å². The van der Waals surface area contributed by atoms with Gasteiger partial charge in [0.2, 0.25) is 0 Å². The van der Waals surface area contributed by atoms with Gasteiger partial charge < -0.3 is 5.11 Å². The van der Waals surface area contributed by atoms with Crippen molar-refractivity contribution in [1.29, 1.82) is 0 Å². The van der Waals surface area contributed by atoms with Crippen LogP contribution < -0.4 is 0 Å². The molecule has 0 aromatic carbocycles. The lowest BCUT2D eigenvalue weighted by molar-refractivity contribution is -0.153. The molecule has 4 aliphatic carbocycles. The molecular weight excluding hydrogens is 349 g/mol. The summed E-state index contributed by atoms with van der Waals surface area (Å²) in [7, 11) is 0. The first-order chi connectivity index (χ1) is 12.4. The third-order valence-electron chi connectivity index (χ3n) is 9.93. The van der Waals surface area contributed by atoms with Gasteiger partial charge >= 0.3 is 6.18 Å². The van der Waals surface area contributed by atoms with Gasteiger partial charge in [-0.3, -0.25) is 0 Å². The molecule has 4 rings (SSSR count). The van der Waals surface area contributed by atoms with Crippen LogP contribution in [0.3, 0.4) is 0 Å². The Bertz CT molecular complexity index is 570. The average Bonchev–Trinajstić information content (AvgIpc) is 2.89. The first-order valence-corrected chi connectivity index (χ1v) is 11.2. The maximum atomic E-state index is 12.8. The molecule has 0 aromatic rings. The van der Waals surface area contributed by atoms with E-state index in [4.69, 9.17) is 0 Å². The highest BCUT2D eigenvalue weighted by Crippen LogP contribution is 2.68. The lowest BCUT2D eigenvalue weighted by atomic mass is 9.44. The van der Waals surface area contributed by atoms with E-state index < -0.39 is 18.2 Å². The maximum absolute atomic E-state index is 12.8. The molecule has 0 aromatic heterocycles. The Balaban J connectivity index is 1.51. The fourth-order valence-electron chi connectivity index (χ4n) is 8.35. The normalized spacial score (nSPS) is 52.8. The van der Waals surface area contributed by atoms with Crippen molar-refractivity contribution in [2.24, 2.45) is 40.4 Å². The van der Waals surface area contributed by atoms with E-state index in [-0.39, 0.29) is 11.3 Å². The number of halogens is 3. The van der Waals surface area contributed by atoms with Crippen LogP contribution in [0.5, 0.6) is 0 Å². The number of alkyl halides is 3. The van der Waals surface area contributed by atoms with Crippen LogP contribution in [0.2, 0.25) is 0 Å². The Morgan fingerprint density at radius 2 is 1.56 bits per heavy atom. The van der Waals surface area contributed by atoms with E-state index in [2.05, 4.69) is 13.8 Å². The summed E-state index contributed by atoms with van der Waals surface area (Å²) in [5.41, 5.74) is -0.0530. The molecule has 0 amide bonds. The molecule has 4 fully saturated rings. The van der Waals surface area contributed by atoms with Gasteiger partial charge in [0, 0.05) is 6.42 Å². The number of aliphatic hydroxyl groups is 1. The molecule has 4 aliphatic rings. The van der Waals surface area contributed by atoms with Crippen molar-refractivity contribution in [2.75, 3.05) is 0 Å². The zero-order chi connectivity index (χ0) is 19.7. The van der Waals surface area contributed by atoms with E-state index in [1.165, 1.54) is 19.3 Å². The van der Waals surface area contributed by atoms with Gasteiger partial charge in [-0.1, -0.05) is 13.8 Å². The molecule has 0 aliphatic heterocycles. The van der Waals surface area contributed by atoms with Gasteiger partial charge in [0.15, 0.2) is 0 Å². The summed E-state index contributed by atoms with van der Waals surface area (Å²) in [6, 6.07) is 0. The Labute approximate surface area is 162 Å². The van der Waals surface area contributed by atoms with Gasteiger partial charge in [-0.25, -0.2) is 0 Å². The second kappa shape index (κ2) is 6.37. The van der Waals surface area contributed by atoms with Crippen LogP contribution in [0, 0.1) is 40.4 Å². The molecule has 0 saturated heterocycles. The van der Waals surface area contributed by atoms with Gasteiger partial charge in [-0.05, 0) is 112 Å². The second-order valence-electron chi connectivity index (χ2n) is 11.3. The molecule has 156 valence electrons. The third kappa shape index (κ3) is 3.36. The van der Waals surface area contributed by atoms with E-state index in [1.807, 2.05) is 6.92 Å². The standard InChI is InChI=1S/C23H37F3O/c1-20(27)12-13-22(3)16(14-20)4-6-17-18-7-5-15(8-11-23(24,25)26)21(18,2)10-9-19(17)22/h15-19,27H,4-14H2,1-3H3/t15-,16?,17?,18?,19?,20+,21?,22?/m1/s1. The van der Waals surface area contributed by atoms with Crippen LogP contribution in [0.4, 0.5) is 13.2 Å². The molecule has 0 bridgehead atoms. The summed E-state index contributed by atoms with van der Waals surface area (Å²) >= 11 is 0. The highest BCUT2D eigenvalue weighted by molar-refractivity contribution is 5.10. The minimum Gasteiger partial charge on any atom is -0.390 e. The minimum atomic E-state index is -4.02. The zero-order valence-corrected chi connectivity index (χ0v) is 17.2. The summed E-state index contributed by atoms with van der Waals surface area (Å²) < 4.78 is 38.4. The van der Waals surface area contributed by atoms with Crippen molar-refractivity contribution >= 4 is 0 Å². The first kappa shape index (κ1) is 20.0. The van der Waals surface area contributed by atoms with Crippen LogP contribution >= 0.6 is 0 Å². The van der Waals surface area contributed by atoms with Gasteiger partial charge in [-0.2, -0.15) is 13.2 Å². The van der Waals surface area contributed by atoms with Crippen molar-refractivity contribution in [2.45, 2.75) is 103 Å².